The molecule has 6 nitrogen and oxygen atoms in total. The summed E-state index contributed by atoms with van der Waals surface area (Å²) >= 11 is 0. The molecule has 4 rings (SSSR count). The second-order valence-electron chi connectivity index (χ2n) is 7.26. The van der Waals surface area contributed by atoms with Crippen LogP contribution in [0.4, 0.5) is 0 Å². The summed E-state index contributed by atoms with van der Waals surface area (Å²) < 4.78 is 1.89. The molecule has 0 saturated carbocycles. The van der Waals surface area contributed by atoms with Gasteiger partial charge in [-0.2, -0.15) is 5.10 Å². The predicted octanol–water partition coefficient (Wildman–Crippen LogP) is 2.26. The van der Waals surface area contributed by atoms with E-state index in [-0.39, 0.29) is 11.8 Å². The van der Waals surface area contributed by atoms with Gasteiger partial charge in [-0.25, -0.2) is 9.67 Å². The standard InChI is InChI=1S/C21H25N5O/c1-15-4-6-16(7-5-15)13-19(27)25-11-8-17(14-25)20-18-3-2-10-23-21(18)26(24-20)12-9-22/h2-7,10,17H,8-9,11-14,22H2,1H3/t17-/m0/s1. The van der Waals surface area contributed by atoms with Crippen LogP contribution in [-0.4, -0.2) is 45.2 Å². The van der Waals surface area contributed by atoms with Crippen LogP contribution in [0.2, 0.25) is 0 Å². The number of nitrogens with zero attached hydrogens (tertiary/aromatic N) is 4. The van der Waals surface area contributed by atoms with E-state index in [1.807, 2.05) is 27.8 Å². The van der Waals surface area contributed by atoms with Gasteiger partial charge in [0.25, 0.3) is 0 Å². The summed E-state index contributed by atoms with van der Waals surface area (Å²) in [6.07, 6.45) is 3.17. The van der Waals surface area contributed by atoms with Crippen LogP contribution in [0.3, 0.4) is 0 Å². The monoisotopic (exact) mass is 363 g/mol. The van der Waals surface area contributed by atoms with Crippen LogP contribution < -0.4 is 5.73 Å². The number of nitrogens with two attached hydrogens (primary N) is 1. The molecule has 140 valence electrons. The lowest BCUT2D eigenvalue weighted by Gasteiger charge is -2.16. The van der Waals surface area contributed by atoms with Crippen LogP contribution >= 0.6 is 0 Å². The van der Waals surface area contributed by atoms with Crippen molar-refractivity contribution in [2.45, 2.75) is 32.2 Å². The SMILES string of the molecule is Cc1ccc(CC(=O)N2CC[C@H](c3nn(CCN)c4ncccc34)C2)cc1. The average Bonchev–Trinajstić information content (AvgIpc) is 3.29. The number of carbonyl (C=O) groups excluding carboxylic acids is 1. The zero-order valence-corrected chi connectivity index (χ0v) is 15.6. The summed E-state index contributed by atoms with van der Waals surface area (Å²) in [6.45, 7) is 4.73. The lowest BCUT2D eigenvalue weighted by Crippen LogP contribution is -2.29. The fourth-order valence-electron chi connectivity index (χ4n) is 3.82. The molecular formula is C21H25N5O. The first kappa shape index (κ1) is 17.7. The van der Waals surface area contributed by atoms with Gasteiger partial charge in [-0.05, 0) is 31.0 Å². The Hall–Kier alpha value is -2.73. The van der Waals surface area contributed by atoms with Crippen LogP contribution in [0, 0.1) is 6.92 Å². The Morgan fingerprint density at radius 2 is 2.07 bits per heavy atom. The molecule has 6 heteroatoms. The molecule has 0 spiro atoms. The smallest absolute Gasteiger partial charge is 0.227 e. The van der Waals surface area contributed by atoms with Gasteiger partial charge in [-0.1, -0.05) is 29.8 Å². The Balaban J connectivity index is 1.50. The van der Waals surface area contributed by atoms with E-state index in [9.17, 15) is 4.79 Å². The number of aromatic nitrogens is 3. The highest BCUT2D eigenvalue weighted by molar-refractivity contribution is 5.81. The minimum Gasteiger partial charge on any atom is -0.342 e. The van der Waals surface area contributed by atoms with Crippen LogP contribution in [0.15, 0.2) is 42.6 Å². The first-order chi connectivity index (χ1) is 13.2. The number of carbonyl (C=O) groups is 1. The molecule has 0 unspecified atom stereocenters. The first-order valence-electron chi connectivity index (χ1n) is 9.50. The highest BCUT2D eigenvalue weighted by Gasteiger charge is 2.30. The van der Waals surface area contributed by atoms with Gasteiger partial charge in [0.05, 0.1) is 18.7 Å². The summed E-state index contributed by atoms with van der Waals surface area (Å²) in [5.41, 5.74) is 9.91. The van der Waals surface area contributed by atoms with E-state index in [0.29, 0.717) is 26.1 Å². The number of hydrogen-bond acceptors (Lipinski definition) is 4. The molecule has 1 aliphatic heterocycles. The van der Waals surface area contributed by atoms with Gasteiger partial charge in [-0.3, -0.25) is 4.79 Å². The fraction of sp³-hybridized carbons (Fsp3) is 0.381. The molecule has 27 heavy (non-hydrogen) atoms. The van der Waals surface area contributed by atoms with E-state index in [0.717, 1.165) is 35.3 Å². The second kappa shape index (κ2) is 7.48. The lowest BCUT2D eigenvalue weighted by atomic mass is 10.0. The van der Waals surface area contributed by atoms with Crippen molar-refractivity contribution in [2.75, 3.05) is 19.6 Å². The number of fused-ring (bicyclic) bond motifs is 1. The van der Waals surface area contributed by atoms with Crippen molar-refractivity contribution in [1.29, 1.82) is 0 Å². The third kappa shape index (κ3) is 3.57. The Morgan fingerprint density at radius 3 is 2.85 bits per heavy atom. The summed E-state index contributed by atoms with van der Waals surface area (Å²) in [5.74, 6) is 0.433. The van der Waals surface area contributed by atoms with Crippen LogP contribution in [0.1, 0.15) is 29.2 Å². The van der Waals surface area contributed by atoms with Crippen LogP contribution in [0.25, 0.3) is 11.0 Å². The maximum absolute atomic E-state index is 12.7. The van der Waals surface area contributed by atoms with Gasteiger partial charge < -0.3 is 10.6 Å². The van der Waals surface area contributed by atoms with Crippen molar-refractivity contribution < 1.29 is 4.79 Å². The first-order valence-corrected chi connectivity index (χ1v) is 9.50. The average molecular weight is 363 g/mol. The number of pyridine rings is 1. The van der Waals surface area contributed by atoms with E-state index < -0.39 is 0 Å². The van der Waals surface area contributed by atoms with Gasteiger partial charge in [0.15, 0.2) is 5.65 Å². The van der Waals surface area contributed by atoms with Gasteiger partial charge in [0.1, 0.15) is 0 Å². The van der Waals surface area contributed by atoms with E-state index in [1.165, 1.54) is 5.56 Å². The predicted molar refractivity (Wildman–Crippen MR) is 105 cm³/mol. The molecule has 2 N–H and O–H groups in total. The Kier molecular flexibility index (Phi) is 4.90. The van der Waals surface area contributed by atoms with Crippen molar-refractivity contribution >= 4 is 16.9 Å². The molecule has 1 atom stereocenters. The van der Waals surface area contributed by atoms with Crippen LogP contribution in [-0.2, 0) is 17.8 Å². The fourth-order valence-corrected chi connectivity index (χ4v) is 3.82. The van der Waals surface area contributed by atoms with Crippen LogP contribution in [0.5, 0.6) is 0 Å². The van der Waals surface area contributed by atoms with Crippen molar-refractivity contribution in [3.8, 4) is 0 Å². The number of likely N-dealkylation sites (tertiary alicyclic amines) is 1. The molecule has 3 aromatic rings. The third-order valence-corrected chi connectivity index (χ3v) is 5.28. The van der Waals surface area contributed by atoms with Crippen molar-refractivity contribution in [3.63, 3.8) is 0 Å². The molecule has 1 aromatic carbocycles. The Morgan fingerprint density at radius 1 is 1.26 bits per heavy atom. The Bertz CT molecular complexity index is 947. The summed E-state index contributed by atoms with van der Waals surface area (Å²) in [6, 6.07) is 12.2. The topological polar surface area (TPSA) is 77.0 Å². The number of hydrogen-bond donors (Lipinski definition) is 1. The van der Waals surface area contributed by atoms with Crippen molar-refractivity contribution in [2.24, 2.45) is 5.73 Å². The quantitative estimate of drug-likeness (QED) is 0.754. The van der Waals surface area contributed by atoms with Gasteiger partial charge in [0.2, 0.25) is 5.91 Å². The molecule has 1 aliphatic rings. The molecule has 1 saturated heterocycles. The van der Waals surface area contributed by atoms with E-state index in [4.69, 9.17) is 10.8 Å². The molecule has 1 amide bonds. The lowest BCUT2D eigenvalue weighted by molar-refractivity contribution is -0.129. The largest absolute Gasteiger partial charge is 0.342 e. The molecular weight excluding hydrogens is 338 g/mol. The van der Waals surface area contributed by atoms with Gasteiger partial charge in [-0.15, -0.1) is 0 Å². The minimum atomic E-state index is 0.185. The molecule has 0 bridgehead atoms. The Labute approximate surface area is 159 Å². The molecule has 0 aliphatic carbocycles. The summed E-state index contributed by atoms with van der Waals surface area (Å²) in [7, 11) is 0. The van der Waals surface area contributed by atoms with E-state index in [2.05, 4.69) is 30.1 Å². The third-order valence-electron chi connectivity index (χ3n) is 5.28. The van der Waals surface area contributed by atoms with Gasteiger partial charge >= 0.3 is 0 Å². The zero-order valence-electron chi connectivity index (χ0n) is 15.6. The number of benzene rings is 1. The van der Waals surface area contributed by atoms with E-state index in [1.54, 1.807) is 6.20 Å². The highest BCUT2D eigenvalue weighted by atomic mass is 16.2. The molecule has 0 radical (unpaired) electrons. The maximum Gasteiger partial charge on any atom is 0.227 e. The highest BCUT2D eigenvalue weighted by Crippen LogP contribution is 2.31. The van der Waals surface area contributed by atoms with Crippen molar-refractivity contribution in [3.05, 3.63) is 59.4 Å². The normalized spacial score (nSPS) is 17.0. The number of rotatable bonds is 5. The number of aryl methyl sites for hydroxylation is 1. The zero-order chi connectivity index (χ0) is 18.8. The number of amides is 1. The molecule has 3 heterocycles. The van der Waals surface area contributed by atoms with Gasteiger partial charge in [0, 0.05) is 37.1 Å². The van der Waals surface area contributed by atoms with Crippen molar-refractivity contribution in [1.82, 2.24) is 19.7 Å². The molecule has 2 aromatic heterocycles. The van der Waals surface area contributed by atoms with E-state index >= 15 is 0 Å². The summed E-state index contributed by atoms with van der Waals surface area (Å²) in [4.78, 5) is 19.2. The maximum atomic E-state index is 12.7. The summed E-state index contributed by atoms with van der Waals surface area (Å²) in [5, 5.41) is 5.86. The minimum absolute atomic E-state index is 0.185. The molecule has 1 fully saturated rings. The second-order valence-corrected chi connectivity index (χ2v) is 7.26.